The standard InChI is InChI=1S/C12H10O2S/c13-15-8-11-6-2-4-9-3-1-5-10(7-14-15)12(9)11/h1-6H,7-8H2. The van der Waals surface area contributed by atoms with Crippen molar-refractivity contribution in [2.24, 2.45) is 0 Å². The zero-order chi connectivity index (χ0) is 10.3. The van der Waals surface area contributed by atoms with Crippen LogP contribution in [-0.4, -0.2) is 4.21 Å². The van der Waals surface area contributed by atoms with Crippen molar-refractivity contribution in [2.45, 2.75) is 12.4 Å². The molecule has 1 heterocycles. The highest BCUT2D eigenvalue weighted by Crippen LogP contribution is 2.27. The van der Waals surface area contributed by atoms with Crippen molar-refractivity contribution in [3.8, 4) is 0 Å². The largest absolute Gasteiger partial charge is 0.285 e. The monoisotopic (exact) mass is 218 g/mol. The molecule has 2 nitrogen and oxygen atoms in total. The summed E-state index contributed by atoms with van der Waals surface area (Å²) in [5.41, 5.74) is 2.26. The Morgan fingerprint density at radius 2 is 1.80 bits per heavy atom. The average molecular weight is 218 g/mol. The third-order valence-corrected chi connectivity index (χ3v) is 3.62. The van der Waals surface area contributed by atoms with E-state index in [4.69, 9.17) is 4.18 Å². The molecule has 0 amide bonds. The minimum Gasteiger partial charge on any atom is -0.285 e. The van der Waals surface area contributed by atoms with Gasteiger partial charge in [-0.15, -0.1) is 0 Å². The van der Waals surface area contributed by atoms with Crippen LogP contribution in [0, 0.1) is 0 Å². The molecular weight excluding hydrogens is 208 g/mol. The molecule has 0 bridgehead atoms. The zero-order valence-electron chi connectivity index (χ0n) is 8.10. The van der Waals surface area contributed by atoms with Crippen LogP contribution in [0.5, 0.6) is 0 Å². The van der Waals surface area contributed by atoms with Crippen LogP contribution in [0.15, 0.2) is 36.4 Å². The van der Waals surface area contributed by atoms with E-state index in [0.717, 1.165) is 11.1 Å². The summed E-state index contributed by atoms with van der Waals surface area (Å²) in [6, 6.07) is 12.2. The minimum absolute atomic E-state index is 0.445. The minimum atomic E-state index is -1.19. The Morgan fingerprint density at radius 1 is 1.07 bits per heavy atom. The topological polar surface area (TPSA) is 26.3 Å². The second-order valence-electron chi connectivity index (χ2n) is 3.64. The van der Waals surface area contributed by atoms with E-state index < -0.39 is 11.1 Å². The molecule has 3 rings (SSSR count). The second-order valence-corrected chi connectivity index (χ2v) is 4.77. The number of hydrogen-bond donors (Lipinski definition) is 0. The predicted molar refractivity (Wildman–Crippen MR) is 60.6 cm³/mol. The maximum absolute atomic E-state index is 11.5. The Bertz CT molecular complexity index is 543. The van der Waals surface area contributed by atoms with Crippen LogP contribution >= 0.6 is 0 Å². The number of hydrogen-bond acceptors (Lipinski definition) is 2. The van der Waals surface area contributed by atoms with Crippen LogP contribution in [0.3, 0.4) is 0 Å². The maximum Gasteiger partial charge on any atom is 0.160 e. The summed E-state index contributed by atoms with van der Waals surface area (Å²) in [5.74, 6) is 0.494. The van der Waals surface area contributed by atoms with Crippen molar-refractivity contribution in [1.82, 2.24) is 0 Å². The fourth-order valence-electron chi connectivity index (χ4n) is 2.04. The summed E-state index contributed by atoms with van der Waals surface area (Å²) in [5, 5.41) is 2.42. The third-order valence-electron chi connectivity index (χ3n) is 2.70. The predicted octanol–water partition coefficient (Wildman–Crippen LogP) is 2.53. The molecule has 1 aliphatic heterocycles. The van der Waals surface area contributed by atoms with Gasteiger partial charge in [-0.25, -0.2) is 4.21 Å². The van der Waals surface area contributed by atoms with E-state index in [1.54, 1.807) is 0 Å². The van der Waals surface area contributed by atoms with Crippen LogP contribution in [0.1, 0.15) is 11.1 Å². The molecule has 1 aliphatic rings. The maximum atomic E-state index is 11.5. The molecule has 2 aromatic carbocycles. The van der Waals surface area contributed by atoms with Crippen molar-refractivity contribution < 1.29 is 8.39 Å². The molecule has 1 atom stereocenters. The molecule has 15 heavy (non-hydrogen) atoms. The third kappa shape index (κ3) is 1.48. The van der Waals surface area contributed by atoms with Crippen molar-refractivity contribution in [2.75, 3.05) is 0 Å². The van der Waals surface area contributed by atoms with E-state index in [9.17, 15) is 4.21 Å². The van der Waals surface area contributed by atoms with Crippen LogP contribution in [0.4, 0.5) is 0 Å². The first-order chi connectivity index (χ1) is 7.34. The van der Waals surface area contributed by atoms with Crippen molar-refractivity contribution in [3.63, 3.8) is 0 Å². The molecule has 0 saturated carbocycles. The Labute approximate surface area is 90.5 Å². The molecule has 0 radical (unpaired) electrons. The Morgan fingerprint density at radius 3 is 2.60 bits per heavy atom. The van der Waals surface area contributed by atoms with Gasteiger partial charge in [-0.2, -0.15) is 0 Å². The van der Waals surface area contributed by atoms with Gasteiger partial charge in [0.05, 0.1) is 12.4 Å². The van der Waals surface area contributed by atoms with Gasteiger partial charge in [-0.1, -0.05) is 36.4 Å². The first-order valence-electron chi connectivity index (χ1n) is 4.86. The summed E-state index contributed by atoms with van der Waals surface area (Å²) in [4.78, 5) is 0. The molecule has 3 heteroatoms. The Hall–Kier alpha value is -1.19. The Balaban J connectivity index is 2.38. The van der Waals surface area contributed by atoms with E-state index in [2.05, 4.69) is 12.1 Å². The molecule has 0 aliphatic carbocycles. The van der Waals surface area contributed by atoms with Gasteiger partial charge in [0.2, 0.25) is 0 Å². The SMILES string of the molecule is O=S1Cc2cccc3cccc(c23)CO1. The number of benzene rings is 2. The van der Waals surface area contributed by atoms with E-state index in [-0.39, 0.29) is 0 Å². The van der Waals surface area contributed by atoms with Gasteiger partial charge in [-0.3, -0.25) is 4.18 Å². The number of rotatable bonds is 0. The molecule has 0 N–H and O–H groups in total. The molecule has 0 saturated heterocycles. The highest BCUT2D eigenvalue weighted by molar-refractivity contribution is 7.79. The summed E-state index contributed by atoms with van der Waals surface area (Å²) in [7, 11) is 0. The molecule has 0 fully saturated rings. The molecular formula is C12H10O2S. The molecule has 0 aromatic heterocycles. The fraction of sp³-hybridized carbons (Fsp3) is 0.167. The van der Waals surface area contributed by atoms with Crippen molar-refractivity contribution >= 4 is 21.9 Å². The van der Waals surface area contributed by atoms with Gasteiger partial charge < -0.3 is 0 Å². The lowest BCUT2D eigenvalue weighted by Crippen LogP contribution is -1.96. The van der Waals surface area contributed by atoms with Gasteiger partial charge in [0.15, 0.2) is 11.1 Å². The van der Waals surface area contributed by atoms with Gasteiger partial charge in [-0.05, 0) is 21.9 Å². The summed E-state index contributed by atoms with van der Waals surface area (Å²) in [6.45, 7) is 0.445. The lowest BCUT2D eigenvalue weighted by Gasteiger charge is -2.05. The molecule has 1 unspecified atom stereocenters. The van der Waals surface area contributed by atoms with E-state index in [1.165, 1.54) is 10.8 Å². The van der Waals surface area contributed by atoms with Crippen LogP contribution < -0.4 is 0 Å². The summed E-state index contributed by atoms with van der Waals surface area (Å²) < 4.78 is 16.7. The van der Waals surface area contributed by atoms with Crippen LogP contribution in [-0.2, 0) is 27.6 Å². The first-order valence-corrected chi connectivity index (χ1v) is 6.10. The fourth-order valence-corrected chi connectivity index (χ4v) is 2.88. The van der Waals surface area contributed by atoms with E-state index in [0.29, 0.717) is 12.4 Å². The van der Waals surface area contributed by atoms with Crippen LogP contribution in [0.2, 0.25) is 0 Å². The first kappa shape index (κ1) is 9.07. The van der Waals surface area contributed by atoms with E-state index in [1.807, 2.05) is 24.3 Å². The van der Waals surface area contributed by atoms with Crippen LogP contribution in [0.25, 0.3) is 10.8 Å². The zero-order valence-corrected chi connectivity index (χ0v) is 8.92. The molecule has 76 valence electrons. The van der Waals surface area contributed by atoms with Gasteiger partial charge in [0.25, 0.3) is 0 Å². The summed E-state index contributed by atoms with van der Waals surface area (Å²) in [6.07, 6.45) is 0. The van der Waals surface area contributed by atoms with Gasteiger partial charge in [0, 0.05) is 0 Å². The normalized spacial score (nSPS) is 20.1. The average Bonchev–Trinajstić information content (AvgIpc) is 2.41. The lowest BCUT2D eigenvalue weighted by molar-refractivity contribution is 0.340. The lowest BCUT2D eigenvalue weighted by atomic mass is 10.0. The quantitative estimate of drug-likeness (QED) is 0.679. The smallest absolute Gasteiger partial charge is 0.160 e. The molecule has 2 aromatic rings. The summed E-state index contributed by atoms with van der Waals surface area (Å²) >= 11 is -1.19. The van der Waals surface area contributed by atoms with Crippen molar-refractivity contribution in [1.29, 1.82) is 0 Å². The highest BCUT2D eigenvalue weighted by Gasteiger charge is 2.14. The van der Waals surface area contributed by atoms with E-state index >= 15 is 0 Å². The highest BCUT2D eigenvalue weighted by atomic mass is 32.2. The molecule has 0 spiro atoms. The van der Waals surface area contributed by atoms with Gasteiger partial charge >= 0.3 is 0 Å². The second kappa shape index (κ2) is 3.43. The van der Waals surface area contributed by atoms with Crippen molar-refractivity contribution in [3.05, 3.63) is 47.5 Å². The Kier molecular flexibility index (Phi) is 2.08. The van der Waals surface area contributed by atoms with Gasteiger partial charge in [0.1, 0.15) is 0 Å².